The van der Waals surface area contributed by atoms with Crippen LogP contribution >= 0.6 is 0 Å². The van der Waals surface area contributed by atoms with E-state index in [4.69, 9.17) is 10.5 Å². The van der Waals surface area contributed by atoms with Crippen molar-refractivity contribution < 1.29 is 14.3 Å². The van der Waals surface area contributed by atoms with E-state index in [0.717, 1.165) is 37.1 Å². The number of nitrogen functional groups attached to an aromatic ring is 1. The molecule has 9 heteroatoms. The lowest BCUT2D eigenvalue weighted by atomic mass is 10.0. The molecular weight excluding hydrogens is 456 g/mol. The molecule has 36 heavy (non-hydrogen) atoms. The van der Waals surface area contributed by atoms with E-state index >= 15 is 0 Å². The molecular formula is C27H34N6O3. The number of ether oxygens (including phenoxy) is 1. The van der Waals surface area contributed by atoms with Crippen molar-refractivity contribution in [3.8, 4) is 0 Å². The summed E-state index contributed by atoms with van der Waals surface area (Å²) in [7, 11) is 0. The molecule has 1 aromatic carbocycles. The van der Waals surface area contributed by atoms with Gasteiger partial charge in [-0.3, -0.25) is 24.5 Å². The normalized spacial score (nSPS) is 24.2. The van der Waals surface area contributed by atoms with Gasteiger partial charge in [0.1, 0.15) is 6.10 Å². The summed E-state index contributed by atoms with van der Waals surface area (Å²) in [6.45, 7) is 8.60. The molecule has 3 aliphatic heterocycles. The third-order valence-corrected chi connectivity index (χ3v) is 7.33. The molecule has 4 aliphatic rings. The van der Waals surface area contributed by atoms with Gasteiger partial charge in [-0.25, -0.2) is 0 Å². The van der Waals surface area contributed by atoms with Crippen LogP contribution in [0.25, 0.3) is 0 Å². The van der Waals surface area contributed by atoms with E-state index in [9.17, 15) is 9.59 Å². The van der Waals surface area contributed by atoms with E-state index in [-0.39, 0.29) is 11.8 Å². The molecule has 2 N–H and O–H groups in total. The first kappa shape index (κ1) is 24.4. The van der Waals surface area contributed by atoms with Crippen molar-refractivity contribution >= 4 is 30.4 Å². The molecule has 1 aromatic rings. The van der Waals surface area contributed by atoms with Crippen LogP contribution in [-0.4, -0.2) is 97.5 Å². The fraction of sp³-hybridized carbons (Fsp3) is 0.481. The van der Waals surface area contributed by atoms with E-state index in [1.165, 1.54) is 0 Å². The van der Waals surface area contributed by atoms with E-state index in [1.807, 2.05) is 21.9 Å². The minimum atomic E-state index is -0.512. The Morgan fingerprint density at radius 1 is 1.08 bits per heavy atom. The van der Waals surface area contributed by atoms with Crippen molar-refractivity contribution in [2.24, 2.45) is 9.98 Å². The number of benzene rings is 1. The second-order valence-corrected chi connectivity index (χ2v) is 9.75. The third-order valence-electron chi connectivity index (χ3n) is 7.33. The summed E-state index contributed by atoms with van der Waals surface area (Å²) in [4.78, 5) is 40.1. The maximum absolute atomic E-state index is 13.3. The summed E-state index contributed by atoms with van der Waals surface area (Å²) >= 11 is 0. The third kappa shape index (κ3) is 5.42. The Morgan fingerprint density at radius 2 is 1.83 bits per heavy atom. The van der Waals surface area contributed by atoms with Crippen LogP contribution in [0, 0.1) is 0 Å². The minimum absolute atomic E-state index is 0.0810. The van der Waals surface area contributed by atoms with Crippen LogP contribution in [-0.2, 0) is 20.9 Å². The van der Waals surface area contributed by atoms with Gasteiger partial charge in [0.15, 0.2) is 6.17 Å². The van der Waals surface area contributed by atoms with Gasteiger partial charge in [-0.2, -0.15) is 0 Å². The lowest BCUT2D eigenvalue weighted by Crippen LogP contribution is -2.52. The lowest BCUT2D eigenvalue weighted by molar-refractivity contribution is -0.132. The van der Waals surface area contributed by atoms with Crippen LogP contribution in [0.4, 0.5) is 5.69 Å². The molecule has 0 radical (unpaired) electrons. The topological polar surface area (TPSA) is 104 Å². The van der Waals surface area contributed by atoms with Crippen LogP contribution in [0.15, 0.2) is 52.0 Å². The number of hydrogen-bond donors (Lipinski definition) is 1. The average molecular weight is 491 g/mol. The van der Waals surface area contributed by atoms with Gasteiger partial charge in [-0.15, -0.1) is 0 Å². The summed E-state index contributed by atoms with van der Waals surface area (Å²) in [5, 5.41) is 0. The highest BCUT2D eigenvalue weighted by Gasteiger charge is 2.30. The number of dihydropyridines is 1. The SMILES string of the molecule is C=NC1N=CC(C(=O)N2CCN(CC(=O)N3CCCC3)CC2)=CC1OCc1c(N)cccc1C1C=C1. The summed E-state index contributed by atoms with van der Waals surface area (Å²) in [5.74, 6) is 0.418. The number of nitrogens with two attached hydrogens (primary N) is 1. The van der Waals surface area contributed by atoms with Gasteiger partial charge in [-0.1, -0.05) is 24.3 Å². The Hall–Kier alpha value is -3.30. The Morgan fingerprint density at radius 3 is 2.53 bits per heavy atom. The van der Waals surface area contributed by atoms with Crippen LogP contribution < -0.4 is 5.73 Å². The van der Waals surface area contributed by atoms with Crippen LogP contribution in [0.3, 0.4) is 0 Å². The standard InChI is InChI=1S/C27H34N6O3/c1-29-26-24(36-18-22-21(19-7-8-19)5-4-6-23(22)28)15-20(16-30-26)27(35)33-13-11-31(12-14-33)17-25(34)32-9-2-3-10-32/h4-8,15-16,19,24,26H,1-3,9-14,17-18,28H2. The number of carbonyl (C=O) groups excluding carboxylic acids is 2. The molecule has 2 amide bonds. The maximum atomic E-state index is 13.3. The number of allylic oxidation sites excluding steroid dienone is 2. The number of nitrogens with zero attached hydrogens (tertiary/aromatic N) is 5. The summed E-state index contributed by atoms with van der Waals surface area (Å²) in [6, 6.07) is 5.88. The summed E-state index contributed by atoms with van der Waals surface area (Å²) in [5.41, 5.74) is 9.51. The zero-order valence-electron chi connectivity index (χ0n) is 20.6. The van der Waals surface area contributed by atoms with Crippen LogP contribution in [0.5, 0.6) is 0 Å². The van der Waals surface area contributed by atoms with Gasteiger partial charge in [-0.05, 0) is 37.3 Å². The fourth-order valence-electron chi connectivity index (χ4n) is 5.05. The quantitative estimate of drug-likeness (QED) is 0.339. The number of aliphatic imine (C=N–C) groups is 2. The van der Waals surface area contributed by atoms with Crippen molar-refractivity contribution in [1.29, 1.82) is 0 Å². The van der Waals surface area contributed by atoms with E-state index in [0.29, 0.717) is 56.5 Å². The number of amides is 2. The van der Waals surface area contributed by atoms with Crippen molar-refractivity contribution in [3.05, 3.63) is 53.1 Å². The number of piperazine rings is 1. The Bertz CT molecular complexity index is 1090. The molecule has 0 saturated carbocycles. The first-order chi connectivity index (χ1) is 17.5. The zero-order valence-corrected chi connectivity index (χ0v) is 20.6. The fourth-order valence-corrected chi connectivity index (χ4v) is 5.05. The molecule has 0 aromatic heterocycles. The van der Waals surface area contributed by atoms with Crippen molar-refractivity contribution in [2.45, 2.75) is 37.6 Å². The van der Waals surface area contributed by atoms with Gasteiger partial charge < -0.3 is 20.3 Å². The molecule has 3 heterocycles. The molecule has 9 nitrogen and oxygen atoms in total. The van der Waals surface area contributed by atoms with Gasteiger partial charge >= 0.3 is 0 Å². The Kier molecular flexibility index (Phi) is 7.29. The summed E-state index contributed by atoms with van der Waals surface area (Å²) < 4.78 is 6.20. The molecule has 2 unspecified atom stereocenters. The molecule has 2 fully saturated rings. The monoisotopic (exact) mass is 490 g/mol. The smallest absolute Gasteiger partial charge is 0.255 e. The Labute approximate surface area is 212 Å². The van der Waals surface area contributed by atoms with E-state index < -0.39 is 12.3 Å². The summed E-state index contributed by atoms with van der Waals surface area (Å²) in [6.07, 6.45) is 8.78. The number of rotatable bonds is 8. The second kappa shape index (κ2) is 10.8. The number of carbonyl (C=O) groups is 2. The average Bonchev–Trinajstić information content (AvgIpc) is 3.60. The largest absolute Gasteiger partial charge is 0.398 e. The molecule has 190 valence electrons. The lowest BCUT2D eigenvalue weighted by Gasteiger charge is -2.35. The highest BCUT2D eigenvalue weighted by molar-refractivity contribution is 6.12. The first-order valence-corrected chi connectivity index (χ1v) is 12.7. The van der Waals surface area contributed by atoms with Crippen molar-refractivity contribution in [3.63, 3.8) is 0 Å². The molecule has 0 spiro atoms. The minimum Gasteiger partial charge on any atom is -0.398 e. The zero-order chi connectivity index (χ0) is 25.1. The predicted octanol–water partition coefficient (Wildman–Crippen LogP) is 1.61. The predicted molar refractivity (Wildman–Crippen MR) is 140 cm³/mol. The Balaban J connectivity index is 1.18. The van der Waals surface area contributed by atoms with E-state index in [1.54, 1.807) is 12.3 Å². The van der Waals surface area contributed by atoms with Crippen LogP contribution in [0.1, 0.15) is 29.9 Å². The highest BCUT2D eigenvalue weighted by Crippen LogP contribution is 2.35. The molecule has 0 bridgehead atoms. The molecule has 1 aliphatic carbocycles. The van der Waals surface area contributed by atoms with E-state index in [2.05, 4.69) is 39.8 Å². The van der Waals surface area contributed by atoms with Gasteiger partial charge in [0.25, 0.3) is 5.91 Å². The highest BCUT2D eigenvalue weighted by atomic mass is 16.5. The second-order valence-electron chi connectivity index (χ2n) is 9.75. The number of likely N-dealkylation sites (tertiary alicyclic amines) is 1. The first-order valence-electron chi connectivity index (χ1n) is 12.7. The van der Waals surface area contributed by atoms with Crippen molar-refractivity contribution in [1.82, 2.24) is 14.7 Å². The maximum Gasteiger partial charge on any atom is 0.255 e. The number of anilines is 1. The van der Waals surface area contributed by atoms with Crippen molar-refractivity contribution in [2.75, 3.05) is 51.5 Å². The molecule has 5 rings (SSSR count). The van der Waals surface area contributed by atoms with Gasteiger partial charge in [0.05, 0.1) is 18.7 Å². The molecule has 2 saturated heterocycles. The van der Waals surface area contributed by atoms with Gasteiger partial charge in [0.2, 0.25) is 5.91 Å². The molecule has 2 atom stereocenters. The van der Waals surface area contributed by atoms with Crippen LogP contribution in [0.2, 0.25) is 0 Å². The van der Waals surface area contributed by atoms with Gasteiger partial charge in [0, 0.05) is 62.7 Å². The number of hydrogen-bond acceptors (Lipinski definition) is 7.